The van der Waals surface area contributed by atoms with Gasteiger partial charge in [-0.3, -0.25) is 0 Å². The Morgan fingerprint density at radius 3 is 2.73 bits per heavy atom. The first-order valence-corrected chi connectivity index (χ1v) is 3.64. The van der Waals surface area contributed by atoms with E-state index in [1.54, 1.807) is 6.19 Å². The molecule has 0 saturated heterocycles. The second-order valence-electron chi connectivity index (χ2n) is 2.77. The predicted octanol–water partition coefficient (Wildman–Crippen LogP) is 1.25. The molecular formula is C7H10N2O2. The topological polar surface area (TPSA) is 64.3 Å². The van der Waals surface area contributed by atoms with E-state index in [1.165, 1.54) is 12.8 Å². The molecule has 0 unspecified atom stereocenters. The number of carbonyl (C=O) groups is 1. The number of rotatable bonds is 3. The van der Waals surface area contributed by atoms with Crippen LogP contribution in [0.4, 0.5) is 4.79 Å². The number of hydrogen-bond acceptors (Lipinski definition) is 2. The van der Waals surface area contributed by atoms with E-state index in [0.717, 1.165) is 11.3 Å². The summed E-state index contributed by atoms with van der Waals surface area (Å²) in [6.07, 6.45) is 3.69. The average molecular weight is 154 g/mol. The molecule has 1 N–H and O–H groups in total. The fourth-order valence-electron chi connectivity index (χ4n) is 0.907. The molecule has 0 spiro atoms. The van der Waals surface area contributed by atoms with Crippen LogP contribution >= 0.6 is 0 Å². The summed E-state index contributed by atoms with van der Waals surface area (Å²) in [4.78, 5) is 11.0. The second kappa shape index (κ2) is 3.24. The molecule has 4 nitrogen and oxygen atoms in total. The number of nitriles is 1. The van der Waals surface area contributed by atoms with Crippen molar-refractivity contribution in [1.82, 2.24) is 4.90 Å². The lowest BCUT2D eigenvalue weighted by Gasteiger charge is -2.07. The van der Waals surface area contributed by atoms with Crippen molar-refractivity contribution in [2.75, 3.05) is 6.54 Å². The van der Waals surface area contributed by atoms with Gasteiger partial charge in [-0.2, -0.15) is 5.26 Å². The van der Waals surface area contributed by atoms with Gasteiger partial charge in [-0.25, -0.2) is 9.69 Å². The Hall–Kier alpha value is -1.24. The Labute approximate surface area is 65.0 Å². The maximum absolute atomic E-state index is 10.3. The Morgan fingerprint density at radius 2 is 2.36 bits per heavy atom. The molecule has 1 aliphatic carbocycles. The predicted molar refractivity (Wildman–Crippen MR) is 37.7 cm³/mol. The lowest BCUT2D eigenvalue weighted by atomic mass is 10.3. The molecule has 0 radical (unpaired) electrons. The van der Waals surface area contributed by atoms with Crippen molar-refractivity contribution in [3.63, 3.8) is 0 Å². The molecule has 0 aromatic heterocycles. The first-order valence-electron chi connectivity index (χ1n) is 3.64. The summed E-state index contributed by atoms with van der Waals surface area (Å²) in [7, 11) is 0. The SMILES string of the molecule is N#CN(CCC1CC1)C(=O)O. The van der Waals surface area contributed by atoms with Crippen LogP contribution in [0.1, 0.15) is 19.3 Å². The van der Waals surface area contributed by atoms with Gasteiger partial charge >= 0.3 is 6.09 Å². The lowest BCUT2D eigenvalue weighted by molar-refractivity contribution is 0.164. The second-order valence-corrected chi connectivity index (χ2v) is 2.77. The summed E-state index contributed by atoms with van der Waals surface area (Å²) in [5, 5.41) is 16.7. The Bertz CT molecular complexity index is 193. The van der Waals surface area contributed by atoms with Gasteiger partial charge in [0.15, 0.2) is 6.19 Å². The van der Waals surface area contributed by atoms with Crippen molar-refractivity contribution in [3.05, 3.63) is 0 Å². The molecule has 0 atom stereocenters. The van der Waals surface area contributed by atoms with Crippen LogP contribution in [0.5, 0.6) is 0 Å². The van der Waals surface area contributed by atoms with Crippen LogP contribution < -0.4 is 0 Å². The molecule has 1 fully saturated rings. The van der Waals surface area contributed by atoms with E-state index >= 15 is 0 Å². The number of nitrogens with zero attached hydrogens (tertiary/aromatic N) is 2. The maximum atomic E-state index is 10.3. The van der Waals surface area contributed by atoms with Crippen LogP contribution in [0, 0.1) is 17.4 Å². The van der Waals surface area contributed by atoms with E-state index in [-0.39, 0.29) is 0 Å². The summed E-state index contributed by atoms with van der Waals surface area (Å²) >= 11 is 0. The molecular weight excluding hydrogens is 144 g/mol. The third-order valence-electron chi connectivity index (χ3n) is 1.81. The Balaban J connectivity index is 2.20. The van der Waals surface area contributed by atoms with E-state index in [2.05, 4.69) is 0 Å². The molecule has 60 valence electrons. The Kier molecular flexibility index (Phi) is 2.32. The third kappa shape index (κ3) is 2.46. The van der Waals surface area contributed by atoms with Gasteiger partial charge < -0.3 is 5.11 Å². The van der Waals surface area contributed by atoms with Gasteiger partial charge in [0.2, 0.25) is 0 Å². The summed E-state index contributed by atoms with van der Waals surface area (Å²) in [5.74, 6) is 0.671. The summed E-state index contributed by atoms with van der Waals surface area (Å²) in [6, 6.07) is 0. The third-order valence-corrected chi connectivity index (χ3v) is 1.81. The molecule has 1 amide bonds. The zero-order valence-electron chi connectivity index (χ0n) is 6.16. The quantitative estimate of drug-likeness (QED) is 0.491. The highest BCUT2D eigenvalue weighted by molar-refractivity contribution is 5.66. The van der Waals surface area contributed by atoms with E-state index < -0.39 is 6.09 Å². The van der Waals surface area contributed by atoms with Gasteiger partial charge in [0, 0.05) is 6.54 Å². The highest BCUT2D eigenvalue weighted by atomic mass is 16.4. The lowest BCUT2D eigenvalue weighted by Crippen LogP contribution is -2.25. The highest BCUT2D eigenvalue weighted by Gasteiger charge is 2.23. The van der Waals surface area contributed by atoms with E-state index in [4.69, 9.17) is 10.4 Å². The molecule has 0 aromatic carbocycles. The van der Waals surface area contributed by atoms with Crippen LogP contribution in [-0.4, -0.2) is 22.6 Å². The van der Waals surface area contributed by atoms with Gasteiger partial charge in [0.1, 0.15) is 0 Å². The molecule has 0 aromatic rings. The standard InChI is InChI=1S/C7H10N2O2/c8-5-9(7(10)11)4-3-6-1-2-6/h6H,1-4H2,(H,10,11). The van der Waals surface area contributed by atoms with Gasteiger partial charge in [-0.1, -0.05) is 12.8 Å². The molecule has 0 bridgehead atoms. The molecule has 1 rings (SSSR count). The van der Waals surface area contributed by atoms with Crippen molar-refractivity contribution in [2.45, 2.75) is 19.3 Å². The number of amides is 1. The fraction of sp³-hybridized carbons (Fsp3) is 0.714. The minimum absolute atomic E-state index is 0.358. The molecule has 11 heavy (non-hydrogen) atoms. The monoisotopic (exact) mass is 154 g/mol. The largest absolute Gasteiger partial charge is 0.464 e. The van der Waals surface area contributed by atoms with E-state index in [9.17, 15) is 4.79 Å². The van der Waals surface area contributed by atoms with Crippen LogP contribution in [-0.2, 0) is 0 Å². The van der Waals surface area contributed by atoms with Crippen molar-refractivity contribution in [3.8, 4) is 6.19 Å². The van der Waals surface area contributed by atoms with Crippen LogP contribution in [0.3, 0.4) is 0 Å². The Morgan fingerprint density at radius 1 is 1.73 bits per heavy atom. The van der Waals surface area contributed by atoms with Gasteiger partial charge in [0.05, 0.1) is 0 Å². The zero-order valence-corrected chi connectivity index (χ0v) is 6.16. The zero-order chi connectivity index (χ0) is 8.27. The summed E-state index contributed by atoms with van der Waals surface area (Å²) in [5.41, 5.74) is 0. The minimum atomic E-state index is -1.15. The number of hydrogen-bond donors (Lipinski definition) is 1. The minimum Gasteiger partial charge on any atom is -0.464 e. The van der Waals surface area contributed by atoms with Gasteiger partial charge in [-0.05, 0) is 12.3 Å². The van der Waals surface area contributed by atoms with Crippen LogP contribution in [0.2, 0.25) is 0 Å². The maximum Gasteiger partial charge on any atom is 0.420 e. The van der Waals surface area contributed by atoms with E-state index in [1.807, 2.05) is 0 Å². The molecule has 0 heterocycles. The van der Waals surface area contributed by atoms with Gasteiger partial charge in [-0.15, -0.1) is 0 Å². The molecule has 0 aliphatic heterocycles. The molecule has 4 heteroatoms. The molecule has 1 aliphatic rings. The summed E-state index contributed by atoms with van der Waals surface area (Å²) < 4.78 is 0. The fourth-order valence-corrected chi connectivity index (χ4v) is 0.907. The van der Waals surface area contributed by atoms with Crippen molar-refractivity contribution in [2.24, 2.45) is 5.92 Å². The van der Waals surface area contributed by atoms with Crippen molar-refractivity contribution >= 4 is 6.09 Å². The first kappa shape index (κ1) is 7.86. The van der Waals surface area contributed by atoms with Crippen molar-refractivity contribution < 1.29 is 9.90 Å². The smallest absolute Gasteiger partial charge is 0.420 e. The van der Waals surface area contributed by atoms with Crippen molar-refractivity contribution in [1.29, 1.82) is 5.26 Å². The van der Waals surface area contributed by atoms with Crippen LogP contribution in [0.15, 0.2) is 0 Å². The summed E-state index contributed by atoms with van der Waals surface area (Å²) in [6.45, 7) is 0.358. The molecule has 1 saturated carbocycles. The van der Waals surface area contributed by atoms with Crippen LogP contribution in [0.25, 0.3) is 0 Å². The van der Waals surface area contributed by atoms with Gasteiger partial charge in [0.25, 0.3) is 0 Å². The first-order chi connectivity index (χ1) is 5.24. The van der Waals surface area contributed by atoms with E-state index in [0.29, 0.717) is 12.5 Å². The number of carboxylic acid groups (broad SMARTS) is 1. The highest BCUT2D eigenvalue weighted by Crippen LogP contribution is 2.32. The average Bonchev–Trinajstić information content (AvgIpc) is 2.72. The normalized spacial score (nSPS) is 15.5.